The van der Waals surface area contributed by atoms with Crippen molar-refractivity contribution in [3.8, 4) is 0 Å². The molecule has 5 nitrogen and oxygen atoms in total. The molecule has 2 rings (SSSR count). The van der Waals surface area contributed by atoms with Gasteiger partial charge in [0, 0.05) is 17.8 Å². The molecule has 1 unspecified atom stereocenters. The summed E-state index contributed by atoms with van der Waals surface area (Å²) >= 11 is 0. The van der Waals surface area contributed by atoms with Crippen molar-refractivity contribution in [3.63, 3.8) is 0 Å². The first-order valence-electron chi connectivity index (χ1n) is 6.84. The van der Waals surface area contributed by atoms with E-state index in [0.29, 0.717) is 24.6 Å². The van der Waals surface area contributed by atoms with Gasteiger partial charge in [0.1, 0.15) is 0 Å². The molecule has 2 N–H and O–H groups in total. The molecule has 1 aliphatic rings. The zero-order valence-corrected chi connectivity index (χ0v) is 11.8. The fourth-order valence-electron chi connectivity index (χ4n) is 2.25. The van der Waals surface area contributed by atoms with E-state index in [2.05, 4.69) is 5.32 Å². The van der Waals surface area contributed by atoms with E-state index in [4.69, 9.17) is 0 Å². The summed E-state index contributed by atoms with van der Waals surface area (Å²) in [6, 6.07) is 7.10. The van der Waals surface area contributed by atoms with Gasteiger partial charge >= 0.3 is 0 Å². The van der Waals surface area contributed by atoms with E-state index in [-0.39, 0.29) is 18.2 Å². The van der Waals surface area contributed by atoms with Crippen LogP contribution in [-0.2, 0) is 9.59 Å². The van der Waals surface area contributed by atoms with Crippen LogP contribution < -0.4 is 10.2 Å². The average molecular weight is 276 g/mol. The van der Waals surface area contributed by atoms with Gasteiger partial charge in [0.25, 0.3) is 0 Å². The highest BCUT2D eigenvalue weighted by Gasteiger charge is 2.28. The first kappa shape index (κ1) is 14.5. The van der Waals surface area contributed by atoms with Gasteiger partial charge in [0.05, 0.1) is 19.1 Å². The van der Waals surface area contributed by atoms with E-state index in [1.807, 2.05) is 13.8 Å². The molecule has 1 aromatic carbocycles. The fourth-order valence-corrected chi connectivity index (χ4v) is 2.25. The Labute approximate surface area is 118 Å². The van der Waals surface area contributed by atoms with Gasteiger partial charge in [0.2, 0.25) is 11.8 Å². The predicted octanol–water partition coefficient (Wildman–Crippen LogP) is 1.77. The molecular weight excluding hydrogens is 256 g/mol. The molecule has 108 valence electrons. The Hall–Kier alpha value is -1.88. The van der Waals surface area contributed by atoms with E-state index in [0.717, 1.165) is 5.69 Å². The molecule has 1 fully saturated rings. The van der Waals surface area contributed by atoms with Crippen LogP contribution >= 0.6 is 0 Å². The summed E-state index contributed by atoms with van der Waals surface area (Å²) in [5.74, 6) is 0.229. The first-order chi connectivity index (χ1) is 9.45. The Balaban J connectivity index is 2.00. The van der Waals surface area contributed by atoms with Crippen LogP contribution in [0.1, 0.15) is 26.7 Å². The van der Waals surface area contributed by atoms with Gasteiger partial charge in [0.15, 0.2) is 0 Å². The molecular formula is C15H20N2O3. The predicted molar refractivity (Wildman–Crippen MR) is 77.5 cm³/mol. The molecule has 1 aliphatic heterocycles. The number of rotatable bonds is 4. The van der Waals surface area contributed by atoms with Crippen LogP contribution in [0, 0.1) is 5.92 Å². The minimum atomic E-state index is -0.590. The second kappa shape index (κ2) is 6.05. The molecule has 0 saturated carbocycles. The number of aliphatic hydroxyl groups excluding tert-OH is 1. The molecule has 0 spiro atoms. The number of nitrogens with zero attached hydrogens (tertiary/aromatic N) is 1. The fraction of sp³-hybridized carbons (Fsp3) is 0.467. The normalized spacial score (nSPS) is 18.7. The van der Waals surface area contributed by atoms with Crippen molar-refractivity contribution in [1.82, 2.24) is 0 Å². The largest absolute Gasteiger partial charge is 0.391 e. The minimum absolute atomic E-state index is 0.0135. The Kier molecular flexibility index (Phi) is 4.39. The van der Waals surface area contributed by atoms with E-state index in [1.165, 1.54) is 0 Å². The van der Waals surface area contributed by atoms with Crippen LogP contribution in [0.15, 0.2) is 24.3 Å². The lowest BCUT2D eigenvalue weighted by Crippen LogP contribution is -2.25. The average Bonchev–Trinajstić information content (AvgIpc) is 2.68. The van der Waals surface area contributed by atoms with Crippen molar-refractivity contribution in [1.29, 1.82) is 0 Å². The second-order valence-electron chi connectivity index (χ2n) is 5.56. The minimum Gasteiger partial charge on any atom is -0.391 e. The van der Waals surface area contributed by atoms with Gasteiger partial charge in [-0.25, -0.2) is 0 Å². The number of carbonyl (C=O) groups excluding carboxylic acids is 2. The highest BCUT2D eigenvalue weighted by molar-refractivity contribution is 5.96. The molecule has 20 heavy (non-hydrogen) atoms. The van der Waals surface area contributed by atoms with Crippen molar-refractivity contribution in [2.45, 2.75) is 32.8 Å². The van der Waals surface area contributed by atoms with Crippen molar-refractivity contribution in [2.75, 3.05) is 16.8 Å². The summed E-state index contributed by atoms with van der Waals surface area (Å²) in [5.41, 5.74) is 1.46. The summed E-state index contributed by atoms with van der Waals surface area (Å²) in [6.07, 6.45) is 0.0683. The van der Waals surface area contributed by atoms with E-state index < -0.39 is 6.10 Å². The monoisotopic (exact) mass is 276 g/mol. The molecule has 0 aliphatic carbocycles. The molecule has 0 radical (unpaired) electrons. The molecule has 1 atom stereocenters. The third kappa shape index (κ3) is 3.57. The quantitative estimate of drug-likeness (QED) is 0.880. The van der Waals surface area contributed by atoms with Crippen LogP contribution in [0.2, 0.25) is 0 Å². The summed E-state index contributed by atoms with van der Waals surface area (Å²) in [6.45, 7) is 4.32. The Morgan fingerprint density at radius 1 is 1.40 bits per heavy atom. The van der Waals surface area contributed by atoms with E-state index in [1.54, 1.807) is 29.2 Å². The van der Waals surface area contributed by atoms with Crippen LogP contribution in [0.4, 0.5) is 11.4 Å². The summed E-state index contributed by atoms with van der Waals surface area (Å²) in [5, 5.41) is 12.3. The standard InChI is InChI=1S/C15H20N2O3/c1-10(2)7-14(19)16-11-3-5-12(6-4-11)17-9-13(18)8-15(17)20/h3-6,10,13,18H,7-9H2,1-2H3,(H,16,19). The van der Waals surface area contributed by atoms with Crippen LogP contribution in [0.5, 0.6) is 0 Å². The topological polar surface area (TPSA) is 69.6 Å². The molecule has 0 bridgehead atoms. The molecule has 5 heteroatoms. The highest BCUT2D eigenvalue weighted by atomic mass is 16.3. The van der Waals surface area contributed by atoms with Crippen molar-refractivity contribution in [2.24, 2.45) is 5.92 Å². The van der Waals surface area contributed by atoms with Crippen molar-refractivity contribution >= 4 is 23.2 Å². The van der Waals surface area contributed by atoms with Gasteiger partial charge in [-0.1, -0.05) is 13.8 Å². The third-order valence-electron chi connectivity index (χ3n) is 3.16. The zero-order valence-electron chi connectivity index (χ0n) is 11.8. The molecule has 1 heterocycles. The van der Waals surface area contributed by atoms with Gasteiger partial charge in [-0.3, -0.25) is 9.59 Å². The highest BCUT2D eigenvalue weighted by Crippen LogP contribution is 2.23. The third-order valence-corrected chi connectivity index (χ3v) is 3.16. The van der Waals surface area contributed by atoms with Crippen LogP contribution in [-0.4, -0.2) is 29.6 Å². The number of anilines is 2. The second-order valence-corrected chi connectivity index (χ2v) is 5.56. The smallest absolute Gasteiger partial charge is 0.229 e. The van der Waals surface area contributed by atoms with E-state index >= 15 is 0 Å². The molecule has 2 amide bonds. The molecule has 0 aromatic heterocycles. The van der Waals surface area contributed by atoms with Crippen LogP contribution in [0.25, 0.3) is 0 Å². The lowest BCUT2D eigenvalue weighted by Gasteiger charge is -2.16. The van der Waals surface area contributed by atoms with Crippen molar-refractivity contribution < 1.29 is 14.7 Å². The Morgan fingerprint density at radius 2 is 2.05 bits per heavy atom. The molecule has 1 saturated heterocycles. The van der Waals surface area contributed by atoms with Gasteiger partial charge in [-0.05, 0) is 30.2 Å². The zero-order chi connectivity index (χ0) is 14.7. The number of amides is 2. The van der Waals surface area contributed by atoms with Gasteiger partial charge in [-0.15, -0.1) is 0 Å². The Bertz CT molecular complexity index is 496. The van der Waals surface area contributed by atoms with Crippen LogP contribution in [0.3, 0.4) is 0 Å². The number of benzene rings is 1. The maximum absolute atomic E-state index is 11.7. The number of hydrogen-bond donors (Lipinski definition) is 2. The molecule has 1 aromatic rings. The lowest BCUT2D eigenvalue weighted by atomic mass is 10.1. The number of nitrogens with one attached hydrogen (secondary N) is 1. The SMILES string of the molecule is CC(C)CC(=O)Nc1ccc(N2CC(O)CC2=O)cc1. The number of hydrogen-bond acceptors (Lipinski definition) is 3. The van der Waals surface area contributed by atoms with E-state index in [9.17, 15) is 14.7 Å². The first-order valence-corrected chi connectivity index (χ1v) is 6.84. The van der Waals surface area contributed by atoms with Crippen molar-refractivity contribution in [3.05, 3.63) is 24.3 Å². The summed E-state index contributed by atoms with van der Waals surface area (Å²) in [7, 11) is 0. The van der Waals surface area contributed by atoms with Gasteiger partial charge < -0.3 is 15.3 Å². The summed E-state index contributed by atoms with van der Waals surface area (Å²) < 4.78 is 0. The maximum Gasteiger partial charge on any atom is 0.229 e. The number of aliphatic hydroxyl groups is 1. The summed E-state index contributed by atoms with van der Waals surface area (Å²) in [4.78, 5) is 24.9. The lowest BCUT2D eigenvalue weighted by molar-refractivity contribution is -0.118. The van der Waals surface area contributed by atoms with Gasteiger partial charge in [-0.2, -0.15) is 0 Å². The number of β-amino-alcohol motifs (C(OH)–C–C–N with tert-alkyl or cyclic N) is 1. The number of carbonyl (C=O) groups is 2. The maximum atomic E-state index is 11.7. The Morgan fingerprint density at radius 3 is 2.55 bits per heavy atom.